The van der Waals surface area contributed by atoms with Crippen molar-refractivity contribution in [3.63, 3.8) is 0 Å². The van der Waals surface area contributed by atoms with Gasteiger partial charge in [0, 0.05) is 12.6 Å². The Balaban J connectivity index is 2.48. The highest BCUT2D eigenvalue weighted by Crippen LogP contribution is 2.24. The smallest absolute Gasteiger partial charge is 0.135 e. The number of hydrogen-bond donors (Lipinski definition) is 0. The number of likely N-dealkylation sites (tertiary alicyclic amines) is 1. The summed E-state index contributed by atoms with van der Waals surface area (Å²) >= 11 is 3.41. The molecule has 0 amide bonds. The molecule has 0 spiro atoms. The lowest BCUT2D eigenvalue weighted by atomic mass is 10.1. The third-order valence-electron chi connectivity index (χ3n) is 2.43. The molecular weight excluding hydrogens is 230 g/mol. The van der Waals surface area contributed by atoms with Crippen LogP contribution in [0.5, 0.6) is 0 Å². The molecule has 1 rings (SSSR count). The second-order valence-electron chi connectivity index (χ2n) is 3.97. The van der Waals surface area contributed by atoms with Gasteiger partial charge in [-0.25, -0.2) is 0 Å². The molecule has 1 heterocycles. The summed E-state index contributed by atoms with van der Waals surface area (Å²) in [5.41, 5.74) is 0. The second kappa shape index (κ2) is 5.11. The number of hydrogen-bond acceptors (Lipinski definition) is 2. The van der Waals surface area contributed by atoms with Gasteiger partial charge < -0.3 is 4.79 Å². The molecule has 0 aliphatic carbocycles. The molecule has 75 valence electrons. The van der Waals surface area contributed by atoms with Gasteiger partial charge in [-0.3, -0.25) is 4.90 Å². The van der Waals surface area contributed by atoms with Crippen LogP contribution in [0.15, 0.2) is 0 Å². The molecule has 1 radical (unpaired) electrons. The first-order valence-electron chi connectivity index (χ1n) is 4.77. The van der Waals surface area contributed by atoms with E-state index in [9.17, 15) is 4.79 Å². The van der Waals surface area contributed by atoms with Crippen molar-refractivity contribution in [2.75, 3.05) is 13.1 Å². The van der Waals surface area contributed by atoms with Crippen molar-refractivity contribution in [1.29, 1.82) is 0 Å². The summed E-state index contributed by atoms with van der Waals surface area (Å²) in [7, 11) is 0. The quantitative estimate of drug-likeness (QED) is 0.559. The Kier molecular flexibility index (Phi) is 4.39. The van der Waals surface area contributed by atoms with Gasteiger partial charge >= 0.3 is 0 Å². The van der Waals surface area contributed by atoms with Gasteiger partial charge in [-0.2, -0.15) is 0 Å². The summed E-state index contributed by atoms with van der Waals surface area (Å²) in [5, 5.41) is 0. The van der Waals surface area contributed by atoms with E-state index < -0.39 is 0 Å². The lowest BCUT2D eigenvalue weighted by Crippen LogP contribution is -2.38. The highest BCUT2D eigenvalue weighted by Gasteiger charge is 2.30. The maximum absolute atomic E-state index is 10.6. The van der Waals surface area contributed by atoms with E-state index in [2.05, 4.69) is 34.7 Å². The zero-order valence-electron chi connectivity index (χ0n) is 8.29. The zero-order valence-corrected chi connectivity index (χ0v) is 9.88. The zero-order chi connectivity index (χ0) is 9.84. The molecule has 0 saturated carbocycles. The molecule has 1 saturated heterocycles. The number of rotatable bonds is 4. The molecular formula is C10H17BrNO. The van der Waals surface area contributed by atoms with Gasteiger partial charge in [0.2, 0.25) is 0 Å². The Morgan fingerprint density at radius 3 is 2.92 bits per heavy atom. The van der Waals surface area contributed by atoms with Crippen LogP contribution in [0.4, 0.5) is 0 Å². The number of carbonyl (C=O) groups is 1. The van der Waals surface area contributed by atoms with Crippen molar-refractivity contribution < 1.29 is 4.79 Å². The average Bonchev–Trinajstić information content (AvgIpc) is 2.50. The van der Waals surface area contributed by atoms with E-state index in [-0.39, 0.29) is 4.83 Å². The number of aldehydes is 1. The maximum atomic E-state index is 10.6. The largest absolute Gasteiger partial charge is 0.302 e. The minimum Gasteiger partial charge on any atom is -0.302 e. The summed E-state index contributed by atoms with van der Waals surface area (Å²) in [4.78, 5) is 13.0. The van der Waals surface area contributed by atoms with Gasteiger partial charge in [-0.1, -0.05) is 29.8 Å². The molecule has 1 fully saturated rings. The van der Waals surface area contributed by atoms with E-state index >= 15 is 0 Å². The molecule has 1 aliphatic heterocycles. The average molecular weight is 247 g/mol. The summed E-state index contributed by atoms with van der Waals surface area (Å²) in [6, 6.07) is 0.410. The normalized spacial score (nSPS) is 26.6. The van der Waals surface area contributed by atoms with Gasteiger partial charge in [0.25, 0.3) is 0 Å². The molecule has 13 heavy (non-hydrogen) atoms. The van der Waals surface area contributed by atoms with Crippen LogP contribution in [0.3, 0.4) is 0 Å². The first-order valence-corrected chi connectivity index (χ1v) is 5.69. The molecule has 0 bridgehead atoms. The predicted molar refractivity (Wildman–Crippen MR) is 58.0 cm³/mol. The first kappa shape index (κ1) is 11.2. The number of nitrogens with zero attached hydrogens (tertiary/aromatic N) is 1. The molecule has 1 aliphatic rings. The van der Waals surface area contributed by atoms with Crippen molar-refractivity contribution in [3.8, 4) is 0 Å². The second-order valence-corrected chi connectivity index (χ2v) is 5.02. The Hall–Kier alpha value is 0.110. The van der Waals surface area contributed by atoms with E-state index in [0.29, 0.717) is 6.04 Å². The fraction of sp³-hybridized carbons (Fsp3) is 0.800. The molecule has 0 aromatic carbocycles. The minimum atomic E-state index is 0.00866. The highest BCUT2D eigenvalue weighted by atomic mass is 79.9. The van der Waals surface area contributed by atoms with Crippen LogP contribution in [0, 0.1) is 5.92 Å². The van der Waals surface area contributed by atoms with Crippen molar-refractivity contribution >= 4 is 22.2 Å². The van der Waals surface area contributed by atoms with Gasteiger partial charge in [0.15, 0.2) is 0 Å². The van der Waals surface area contributed by atoms with Crippen LogP contribution in [-0.2, 0) is 4.79 Å². The Morgan fingerprint density at radius 1 is 1.69 bits per heavy atom. The van der Waals surface area contributed by atoms with Crippen LogP contribution in [0.1, 0.15) is 26.7 Å². The molecule has 1 unspecified atom stereocenters. The predicted octanol–water partition coefficient (Wildman–Crippen LogP) is 2.03. The van der Waals surface area contributed by atoms with Crippen LogP contribution < -0.4 is 0 Å². The van der Waals surface area contributed by atoms with Crippen LogP contribution in [0.25, 0.3) is 0 Å². The molecule has 3 heteroatoms. The topological polar surface area (TPSA) is 20.3 Å². The summed E-state index contributed by atoms with van der Waals surface area (Å²) < 4.78 is 0. The van der Waals surface area contributed by atoms with Gasteiger partial charge in [-0.05, 0) is 25.3 Å². The summed E-state index contributed by atoms with van der Waals surface area (Å²) in [6.45, 7) is 6.44. The van der Waals surface area contributed by atoms with E-state index in [1.807, 2.05) is 0 Å². The van der Waals surface area contributed by atoms with Gasteiger partial charge in [0.05, 0.1) is 4.83 Å². The Labute approximate surface area is 88.8 Å². The lowest BCUT2D eigenvalue weighted by molar-refractivity contribution is -0.108. The van der Waals surface area contributed by atoms with Crippen molar-refractivity contribution in [3.05, 3.63) is 5.92 Å². The van der Waals surface area contributed by atoms with Crippen LogP contribution in [0.2, 0.25) is 0 Å². The Morgan fingerprint density at radius 2 is 2.38 bits per heavy atom. The highest BCUT2D eigenvalue weighted by molar-refractivity contribution is 9.10. The van der Waals surface area contributed by atoms with Crippen molar-refractivity contribution in [1.82, 2.24) is 4.90 Å². The SMILES string of the molecule is C[C](C)CN1CCC[C@H]1C(Br)C=O. The fourth-order valence-electron chi connectivity index (χ4n) is 1.91. The van der Waals surface area contributed by atoms with Crippen molar-refractivity contribution in [2.45, 2.75) is 37.6 Å². The molecule has 2 atom stereocenters. The number of carbonyl (C=O) groups excluding carboxylic acids is 1. The van der Waals surface area contributed by atoms with Crippen LogP contribution >= 0.6 is 15.9 Å². The van der Waals surface area contributed by atoms with E-state index in [0.717, 1.165) is 25.8 Å². The molecule has 2 nitrogen and oxygen atoms in total. The fourth-order valence-corrected chi connectivity index (χ4v) is 2.50. The number of halogens is 1. The monoisotopic (exact) mass is 246 g/mol. The maximum Gasteiger partial charge on any atom is 0.135 e. The van der Waals surface area contributed by atoms with Gasteiger partial charge in [-0.15, -0.1) is 0 Å². The molecule has 0 aromatic heterocycles. The van der Waals surface area contributed by atoms with E-state index in [1.165, 1.54) is 12.3 Å². The standard InChI is InChI=1S/C10H17BrNO/c1-8(2)6-12-5-3-4-10(12)9(11)7-13/h7,9-10H,3-6H2,1-2H3/t9?,10-/m0/s1. The first-order chi connectivity index (χ1) is 6.15. The van der Waals surface area contributed by atoms with Crippen molar-refractivity contribution in [2.24, 2.45) is 0 Å². The summed E-state index contributed by atoms with van der Waals surface area (Å²) in [6.07, 6.45) is 3.36. The lowest BCUT2D eigenvalue weighted by Gasteiger charge is -2.27. The summed E-state index contributed by atoms with van der Waals surface area (Å²) in [5.74, 6) is 1.41. The minimum absolute atomic E-state index is 0.00866. The molecule has 0 aromatic rings. The molecule has 0 N–H and O–H groups in total. The van der Waals surface area contributed by atoms with Crippen LogP contribution in [-0.4, -0.2) is 35.1 Å². The third-order valence-corrected chi connectivity index (χ3v) is 3.26. The van der Waals surface area contributed by atoms with Gasteiger partial charge in [0.1, 0.15) is 6.29 Å². The third kappa shape index (κ3) is 3.06. The van der Waals surface area contributed by atoms with E-state index in [4.69, 9.17) is 0 Å². The van der Waals surface area contributed by atoms with E-state index in [1.54, 1.807) is 0 Å². The number of alkyl halides is 1. The Bertz CT molecular complexity index is 172.